The van der Waals surface area contributed by atoms with Gasteiger partial charge in [0, 0.05) is 28.6 Å². The van der Waals surface area contributed by atoms with E-state index < -0.39 is 14.9 Å². The molecule has 1 atom stereocenters. The molecule has 0 amide bonds. The molecule has 3 aromatic rings. The number of hydrogen-bond acceptors (Lipinski definition) is 6. The number of halogens is 3. The third kappa shape index (κ3) is 5.60. The van der Waals surface area contributed by atoms with Crippen molar-refractivity contribution >= 4 is 61.9 Å². The van der Waals surface area contributed by atoms with E-state index in [2.05, 4.69) is 9.82 Å². The zero-order valence-electron chi connectivity index (χ0n) is 18.3. The SMILES string of the molecule is Cc1ccc([N+](=O)[O-])cc1S(=O)(=O)NCC1=NN(c2ccc(Cl)cc2Cl)[C@H](c2ccc(Cl)cc2)C1. The molecule has 0 spiro atoms. The van der Waals surface area contributed by atoms with E-state index in [0.717, 1.165) is 11.6 Å². The number of aryl methyl sites for hydroxylation is 1. The summed E-state index contributed by atoms with van der Waals surface area (Å²) < 4.78 is 28.4. The lowest BCUT2D eigenvalue weighted by molar-refractivity contribution is -0.385. The first kappa shape index (κ1) is 25.4. The number of non-ortho nitro benzene ring substituents is 1. The summed E-state index contributed by atoms with van der Waals surface area (Å²) in [5.41, 5.74) is 2.17. The van der Waals surface area contributed by atoms with Gasteiger partial charge in [-0.05, 0) is 48.4 Å². The zero-order valence-corrected chi connectivity index (χ0v) is 21.4. The first-order chi connectivity index (χ1) is 16.5. The van der Waals surface area contributed by atoms with Crippen molar-refractivity contribution in [3.8, 4) is 0 Å². The van der Waals surface area contributed by atoms with Crippen molar-refractivity contribution in [3.05, 3.63) is 97.0 Å². The van der Waals surface area contributed by atoms with Gasteiger partial charge in [0.25, 0.3) is 5.69 Å². The molecular weight excluding hydrogens is 535 g/mol. The van der Waals surface area contributed by atoms with E-state index in [0.29, 0.717) is 38.5 Å². The molecule has 1 heterocycles. The fourth-order valence-electron chi connectivity index (χ4n) is 3.76. The number of rotatable bonds is 7. The van der Waals surface area contributed by atoms with Crippen LogP contribution in [0.4, 0.5) is 11.4 Å². The fourth-order valence-corrected chi connectivity index (χ4v) is 5.66. The summed E-state index contributed by atoms with van der Waals surface area (Å²) in [5, 5.41) is 18.9. The first-order valence-electron chi connectivity index (χ1n) is 10.4. The first-order valence-corrected chi connectivity index (χ1v) is 13.0. The summed E-state index contributed by atoms with van der Waals surface area (Å²) in [4.78, 5) is 10.3. The molecule has 0 saturated heterocycles. The normalized spacial score (nSPS) is 15.8. The van der Waals surface area contributed by atoms with E-state index in [1.165, 1.54) is 12.1 Å². The number of nitrogens with one attached hydrogen (secondary N) is 1. The average molecular weight is 554 g/mol. The number of nitro benzene ring substituents is 1. The van der Waals surface area contributed by atoms with Gasteiger partial charge in [-0.1, -0.05) is 53.0 Å². The van der Waals surface area contributed by atoms with Crippen LogP contribution >= 0.6 is 34.8 Å². The van der Waals surface area contributed by atoms with Crippen molar-refractivity contribution in [3.63, 3.8) is 0 Å². The molecule has 8 nitrogen and oxygen atoms in total. The Morgan fingerprint density at radius 1 is 1.06 bits per heavy atom. The number of hydrazone groups is 1. The maximum absolute atomic E-state index is 13.0. The van der Waals surface area contributed by atoms with Gasteiger partial charge in [-0.3, -0.25) is 15.1 Å². The Hall–Kier alpha value is -2.69. The van der Waals surface area contributed by atoms with Crippen molar-refractivity contribution in [1.82, 2.24) is 4.72 Å². The van der Waals surface area contributed by atoms with Crippen LogP contribution in [0.1, 0.15) is 23.6 Å². The van der Waals surface area contributed by atoms with Gasteiger partial charge in [-0.2, -0.15) is 5.10 Å². The Balaban J connectivity index is 1.63. The molecule has 0 aliphatic carbocycles. The van der Waals surface area contributed by atoms with Crippen LogP contribution in [-0.4, -0.2) is 25.6 Å². The van der Waals surface area contributed by atoms with Crippen LogP contribution in [0.5, 0.6) is 0 Å². The number of nitro groups is 1. The van der Waals surface area contributed by atoms with Gasteiger partial charge in [0.05, 0.1) is 38.8 Å². The van der Waals surface area contributed by atoms with Crippen LogP contribution in [-0.2, 0) is 10.0 Å². The number of nitrogens with zero attached hydrogens (tertiary/aromatic N) is 3. The monoisotopic (exact) mass is 552 g/mol. The second-order valence-electron chi connectivity index (χ2n) is 7.91. The summed E-state index contributed by atoms with van der Waals surface area (Å²) in [6.07, 6.45) is 0.414. The maximum Gasteiger partial charge on any atom is 0.270 e. The lowest BCUT2D eigenvalue weighted by Gasteiger charge is -2.25. The Labute approximate surface area is 217 Å². The molecule has 35 heavy (non-hydrogen) atoms. The van der Waals surface area contributed by atoms with Crippen molar-refractivity contribution in [1.29, 1.82) is 0 Å². The quantitative estimate of drug-likeness (QED) is 0.279. The van der Waals surface area contributed by atoms with Gasteiger partial charge in [0.2, 0.25) is 10.0 Å². The summed E-state index contributed by atoms with van der Waals surface area (Å²) in [7, 11) is -4.03. The van der Waals surface area contributed by atoms with Crippen LogP contribution < -0.4 is 9.73 Å². The Morgan fingerprint density at radius 3 is 2.40 bits per heavy atom. The molecular formula is C23H19Cl3N4O4S. The Morgan fingerprint density at radius 2 is 1.74 bits per heavy atom. The highest BCUT2D eigenvalue weighted by Gasteiger charge is 2.31. The molecule has 0 radical (unpaired) electrons. The standard InChI is InChI=1S/C23H19Cl3N4O4S/c1-14-2-8-19(30(31)32)12-23(14)35(33,34)27-13-18-11-22(15-3-5-16(24)6-4-15)29(28-18)21-9-7-17(25)10-20(21)26/h2-10,12,22,27H,11,13H2,1H3/t22-/m0/s1. The minimum absolute atomic E-state index is 0.0870. The second-order valence-corrected chi connectivity index (χ2v) is 10.9. The lowest BCUT2D eigenvalue weighted by Crippen LogP contribution is -2.29. The van der Waals surface area contributed by atoms with Crippen LogP contribution in [0, 0.1) is 17.0 Å². The van der Waals surface area contributed by atoms with E-state index in [-0.39, 0.29) is 23.2 Å². The van der Waals surface area contributed by atoms with E-state index in [9.17, 15) is 18.5 Å². The Bertz CT molecular complexity index is 1430. The highest BCUT2D eigenvalue weighted by Crippen LogP contribution is 2.39. The summed E-state index contributed by atoms with van der Waals surface area (Å²) >= 11 is 18.5. The molecule has 0 bridgehead atoms. The van der Waals surface area contributed by atoms with Gasteiger partial charge in [0.15, 0.2) is 0 Å². The smallest absolute Gasteiger partial charge is 0.258 e. The van der Waals surface area contributed by atoms with Crippen LogP contribution in [0.3, 0.4) is 0 Å². The molecule has 0 aromatic heterocycles. The van der Waals surface area contributed by atoms with Gasteiger partial charge in [0.1, 0.15) is 0 Å². The number of sulfonamides is 1. The van der Waals surface area contributed by atoms with Crippen LogP contribution in [0.25, 0.3) is 0 Å². The third-order valence-corrected chi connectivity index (χ3v) is 7.86. The number of hydrogen-bond donors (Lipinski definition) is 1. The second kappa shape index (κ2) is 10.1. The van der Waals surface area contributed by atoms with E-state index in [1.54, 1.807) is 42.3 Å². The highest BCUT2D eigenvalue weighted by molar-refractivity contribution is 7.89. The highest BCUT2D eigenvalue weighted by atomic mass is 35.5. The minimum Gasteiger partial charge on any atom is -0.258 e. The van der Waals surface area contributed by atoms with Gasteiger partial charge in [-0.25, -0.2) is 13.1 Å². The largest absolute Gasteiger partial charge is 0.270 e. The topological polar surface area (TPSA) is 105 Å². The molecule has 0 unspecified atom stereocenters. The molecule has 1 aliphatic rings. The summed E-state index contributed by atoms with van der Waals surface area (Å²) in [6.45, 7) is 1.49. The van der Waals surface area contributed by atoms with Crippen molar-refractivity contribution in [2.45, 2.75) is 24.3 Å². The van der Waals surface area contributed by atoms with Crippen LogP contribution in [0.2, 0.25) is 15.1 Å². The van der Waals surface area contributed by atoms with E-state index >= 15 is 0 Å². The summed E-state index contributed by atoms with van der Waals surface area (Å²) in [6, 6.07) is 15.8. The predicted octanol–water partition coefficient (Wildman–Crippen LogP) is 6.15. The lowest BCUT2D eigenvalue weighted by atomic mass is 10.0. The molecule has 3 aromatic carbocycles. The Kier molecular flexibility index (Phi) is 7.35. The van der Waals surface area contributed by atoms with Crippen molar-refractivity contribution in [2.24, 2.45) is 5.10 Å². The molecule has 12 heteroatoms. The van der Waals surface area contributed by atoms with Crippen molar-refractivity contribution < 1.29 is 13.3 Å². The molecule has 0 fully saturated rings. The molecule has 1 aliphatic heterocycles. The van der Waals surface area contributed by atoms with E-state index in [4.69, 9.17) is 34.8 Å². The number of anilines is 1. The van der Waals surface area contributed by atoms with Gasteiger partial charge < -0.3 is 0 Å². The average Bonchev–Trinajstić information content (AvgIpc) is 3.22. The van der Waals surface area contributed by atoms with Gasteiger partial charge in [-0.15, -0.1) is 0 Å². The third-order valence-electron chi connectivity index (χ3n) is 5.52. The fraction of sp³-hybridized carbons (Fsp3) is 0.174. The molecule has 1 N–H and O–H groups in total. The zero-order chi connectivity index (χ0) is 25.3. The predicted molar refractivity (Wildman–Crippen MR) is 138 cm³/mol. The van der Waals surface area contributed by atoms with Crippen LogP contribution in [0.15, 0.2) is 70.7 Å². The number of benzene rings is 3. The van der Waals surface area contributed by atoms with Crippen molar-refractivity contribution in [2.75, 3.05) is 11.6 Å². The molecule has 182 valence electrons. The minimum atomic E-state index is -4.03. The maximum atomic E-state index is 13.0. The summed E-state index contributed by atoms with van der Waals surface area (Å²) in [5.74, 6) is 0. The molecule has 0 saturated carbocycles. The van der Waals surface area contributed by atoms with Gasteiger partial charge >= 0.3 is 0 Å². The molecule has 4 rings (SSSR count). The van der Waals surface area contributed by atoms with E-state index in [1.807, 2.05) is 12.1 Å².